The topological polar surface area (TPSA) is 28.7 Å². The van der Waals surface area contributed by atoms with Crippen molar-refractivity contribution in [3.63, 3.8) is 0 Å². The lowest BCUT2D eigenvalue weighted by atomic mass is 10.1. The lowest BCUT2D eigenvalue weighted by Gasteiger charge is -1.99. The number of hydrogen-bond acceptors (Lipinski definition) is 1. The molecule has 1 aromatic heterocycles. The Morgan fingerprint density at radius 3 is 3.15 bits per heavy atom. The summed E-state index contributed by atoms with van der Waals surface area (Å²) in [6.07, 6.45) is 5.80. The minimum absolute atomic E-state index is 0.933. The monoisotopic (exact) mass is 172 g/mol. The van der Waals surface area contributed by atoms with E-state index in [1.165, 1.54) is 24.8 Å². The Hall–Kier alpha value is -1.31. The summed E-state index contributed by atoms with van der Waals surface area (Å²) in [5.74, 6) is 0.933. The minimum Gasteiger partial charge on any atom is -0.345 e. The lowest BCUT2D eigenvalue weighted by molar-refractivity contribution is 0.837. The maximum atomic E-state index is 4.34. The molecule has 0 saturated heterocycles. The molecule has 0 bridgehead atoms. The van der Waals surface area contributed by atoms with Gasteiger partial charge in [-0.25, -0.2) is 4.98 Å². The third kappa shape index (κ3) is 1.22. The van der Waals surface area contributed by atoms with Crippen LogP contribution in [0.15, 0.2) is 24.5 Å². The van der Waals surface area contributed by atoms with Gasteiger partial charge in [-0.05, 0) is 36.8 Å². The molecule has 66 valence electrons. The summed E-state index contributed by atoms with van der Waals surface area (Å²) in [6, 6.07) is 6.39. The van der Waals surface area contributed by atoms with Crippen molar-refractivity contribution in [2.75, 3.05) is 0 Å². The molecule has 3 rings (SSSR count). The second kappa shape index (κ2) is 2.59. The smallest absolute Gasteiger partial charge is 0.0931 e. The molecule has 2 aromatic rings. The molecule has 0 spiro atoms. The van der Waals surface area contributed by atoms with Crippen molar-refractivity contribution in [1.29, 1.82) is 0 Å². The van der Waals surface area contributed by atoms with E-state index in [9.17, 15) is 0 Å². The van der Waals surface area contributed by atoms with Gasteiger partial charge in [-0.3, -0.25) is 0 Å². The van der Waals surface area contributed by atoms with Gasteiger partial charge < -0.3 is 4.98 Å². The molecule has 1 aromatic carbocycles. The van der Waals surface area contributed by atoms with E-state index in [4.69, 9.17) is 0 Å². The molecule has 0 amide bonds. The van der Waals surface area contributed by atoms with Crippen molar-refractivity contribution in [2.24, 2.45) is 5.92 Å². The fourth-order valence-corrected chi connectivity index (χ4v) is 1.82. The average Bonchev–Trinajstić information content (AvgIpc) is 2.83. The van der Waals surface area contributed by atoms with Crippen LogP contribution in [-0.4, -0.2) is 9.97 Å². The van der Waals surface area contributed by atoms with E-state index >= 15 is 0 Å². The Morgan fingerprint density at radius 1 is 1.38 bits per heavy atom. The Labute approximate surface area is 77.0 Å². The van der Waals surface area contributed by atoms with Gasteiger partial charge in [0.05, 0.1) is 17.4 Å². The van der Waals surface area contributed by atoms with E-state index in [1.807, 2.05) is 0 Å². The molecule has 1 fully saturated rings. The molecular formula is C11H12N2. The van der Waals surface area contributed by atoms with E-state index < -0.39 is 0 Å². The predicted octanol–water partition coefficient (Wildman–Crippen LogP) is 2.52. The van der Waals surface area contributed by atoms with Gasteiger partial charge in [-0.15, -0.1) is 0 Å². The summed E-state index contributed by atoms with van der Waals surface area (Å²) in [7, 11) is 0. The SMILES string of the molecule is c1cc(CC2CC2)c2nc[nH]c2c1. The number of para-hydroxylation sites is 1. The van der Waals surface area contributed by atoms with E-state index in [2.05, 4.69) is 28.2 Å². The van der Waals surface area contributed by atoms with Crippen molar-refractivity contribution in [3.05, 3.63) is 30.1 Å². The van der Waals surface area contributed by atoms with E-state index in [0.717, 1.165) is 17.0 Å². The maximum Gasteiger partial charge on any atom is 0.0931 e. The van der Waals surface area contributed by atoms with Crippen LogP contribution in [0.25, 0.3) is 11.0 Å². The number of nitrogens with zero attached hydrogens (tertiary/aromatic N) is 1. The van der Waals surface area contributed by atoms with Crippen LogP contribution in [0.3, 0.4) is 0 Å². The molecule has 0 atom stereocenters. The molecule has 13 heavy (non-hydrogen) atoms. The third-order valence-electron chi connectivity index (χ3n) is 2.74. The largest absolute Gasteiger partial charge is 0.345 e. The molecule has 0 radical (unpaired) electrons. The van der Waals surface area contributed by atoms with E-state index in [0.29, 0.717) is 0 Å². The van der Waals surface area contributed by atoms with Crippen LogP contribution in [0, 0.1) is 5.92 Å². The Kier molecular flexibility index (Phi) is 1.42. The first-order chi connectivity index (χ1) is 6.43. The summed E-state index contributed by atoms with van der Waals surface area (Å²) < 4.78 is 0. The van der Waals surface area contributed by atoms with Crippen molar-refractivity contribution in [1.82, 2.24) is 9.97 Å². The second-order valence-electron chi connectivity index (χ2n) is 3.86. The number of aromatic nitrogens is 2. The predicted molar refractivity (Wildman–Crippen MR) is 52.5 cm³/mol. The Balaban J connectivity index is 2.09. The highest BCUT2D eigenvalue weighted by molar-refractivity contribution is 5.78. The quantitative estimate of drug-likeness (QED) is 0.740. The van der Waals surface area contributed by atoms with Gasteiger partial charge in [0.25, 0.3) is 0 Å². The van der Waals surface area contributed by atoms with Crippen LogP contribution in [0.1, 0.15) is 18.4 Å². The van der Waals surface area contributed by atoms with Gasteiger partial charge in [0.2, 0.25) is 0 Å². The molecule has 0 unspecified atom stereocenters. The normalized spacial score (nSPS) is 16.6. The number of H-pyrrole nitrogens is 1. The fourth-order valence-electron chi connectivity index (χ4n) is 1.82. The highest BCUT2D eigenvalue weighted by Gasteiger charge is 2.22. The van der Waals surface area contributed by atoms with Crippen molar-refractivity contribution in [2.45, 2.75) is 19.3 Å². The number of fused-ring (bicyclic) bond motifs is 1. The summed E-state index contributed by atoms with van der Waals surface area (Å²) in [6.45, 7) is 0. The van der Waals surface area contributed by atoms with Crippen LogP contribution in [0.2, 0.25) is 0 Å². The zero-order valence-corrected chi connectivity index (χ0v) is 7.46. The number of aromatic amines is 1. The number of rotatable bonds is 2. The third-order valence-corrected chi connectivity index (χ3v) is 2.74. The maximum absolute atomic E-state index is 4.34. The summed E-state index contributed by atoms with van der Waals surface area (Å²) in [5, 5.41) is 0. The highest BCUT2D eigenvalue weighted by atomic mass is 14.9. The fraction of sp³-hybridized carbons (Fsp3) is 0.364. The zero-order valence-electron chi connectivity index (χ0n) is 7.46. The molecule has 1 aliphatic carbocycles. The van der Waals surface area contributed by atoms with E-state index in [1.54, 1.807) is 6.33 Å². The van der Waals surface area contributed by atoms with Gasteiger partial charge in [-0.2, -0.15) is 0 Å². The molecule has 1 N–H and O–H groups in total. The van der Waals surface area contributed by atoms with Crippen molar-refractivity contribution in [3.8, 4) is 0 Å². The van der Waals surface area contributed by atoms with Gasteiger partial charge in [0.15, 0.2) is 0 Å². The standard InChI is InChI=1S/C11H12N2/c1-2-9(6-8-4-5-8)11-10(3-1)12-7-13-11/h1-3,7-8H,4-6H2,(H,12,13). The van der Waals surface area contributed by atoms with Gasteiger partial charge in [-0.1, -0.05) is 12.1 Å². The highest BCUT2D eigenvalue weighted by Crippen LogP contribution is 2.33. The molecule has 2 nitrogen and oxygen atoms in total. The van der Waals surface area contributed by atoms with Gasteiger partial charge in [0, 0.05) is 0 Å². The first kappa shape index (κ1) is 7.13. The lowest BCUT2D eigenvalue weighted by Crippen LogP contribution is -1.88. The Bertz CT molecular complexity index is 426. The zero-order chi connectivity index (χ0) is 8.67. The van der Waals surface area contributed by atoms with Crippen molar-refractivity contribution < 1.29 is 0 Å². The average molecular weight is 172 g/mol. The number of imidazole rings is 1. The van der Waals surface area contributed by atoms with Crippen molar-refractivity contribution >= 4 is 11.0 Å². The number of nitrogens with one attached hydrogen (secondary N) is 1. The first-order valence-electron chi connectivity index (χ1n) is 4.84. The molecular weight excluding hydrogens is 160 g/mol. The summed E-state index contributed by atoms with van der Waals surface area (Å²) in [4.78, 5) is 7.49. The van der Waals surface area contributed by atoms with E-state index in [-0.39, 0.29) is 0 Å². The number of benzene rings is 1. The number of hydrogen-bond donors (Lipinski definition) is 1. The first-order valence-corrected chi connectivity index (χ1v) is 4.84. The van der Waals surface area contributed by atoms with Gasteiger partial charge in [0.1, 0.15) is 0 Å². The molecule has 1 aliphatic rings. The van der Waals surface area contributed by atoms with Crippen LogP contribution in [-0.2, 0) is 6.42 Å². The van der Waals surface area contributed by atoms with Crippen LogP contribution >= 0.6 is 0 Å². The van der Waals surface area contributed by atoms with Gasteiger partial charge >= 0.3 is 0 Å². The Morgan fingerprint density at radius 2 is 2.31 bits per heavy atom. The second-order valence-corrected chi connectivity index (χ2v) is 3.86. The molecule has 0 aliphatic heterocycles. The summed E-state index contributed by atoms with van der Waals surface area (Å²) >= 11 is 0. The molecule has 1 saturated carbocycles. The van der Waals surface area contributed by atoms with Crippen LogP contribution < -0.4 is 0 Å². The summed E-state index contributed by atoms with van der Waals surface area (Å²) in [5.41, 5.74) is 3.73. The van der Waals surface area contributed by atoms with Crippen LogP contribution in [0.4, 0.5) is 0 Å². The molecule has 2 heteroatoms. The van der Waals surface area contributed by atoms with Crippen LogP contribution in [0.5, 0.6) is 0 Å². The molecule has 1 heterocycles. The minimum atomic E-state index is 0.933.